The molecule has 0 spiro atoms. The summed E-state index contributed by atoms with van der Waals surface area (Å²) in [6, 6.07) is 8.74. The summed E-state index contributed by atoms with van der Waals surface area (Å²) in [5.41, 5.74) is 5.26. The van der Waals surface area contributed by atoms with E-state index in [0.717, 1.165) is 57.0 Å². The molecule has 3 heterocycles. The second kappa shape index (κ2) is 9.19. The van der Waals surface area contributed by atoms with Crippen molar-refractivity contribution in [2.24, 2.45) is 0 Å². The molecule has 36 heavy (non-hydrogen) atoms. The first-order chi connectivity index (χ1) is 17.2. The Balaban J connectivity index is 1.58. The largest absolute Gasteiger partial charge is 0.335 e. The van der Waals surface area contributed by atoms with Crippen molar-refractivity contribution in [1.82, 2.24) is 9.88 Å². The third kappa shape index (κ3) is 3.91. The minimum absolute atomic E-state index is 0.122. The van der Waals surface area contributed by atoms with Crippen molar-refractivity contribution in [2.45, 2.75) is 46.5 Å². The van der Waals surface area contributed by atoms with Crippen molar-refractivity contribution >= 4 is 56.9 Å². The van der Waals surface area contributed by atoms with Gasteiger partial charge in [-0.05, 0) is 93.5 Å². The number of aromatic nitrogens is 1. The minimum atomic E-state index is -0.777. The van der Waals surface area contributed by atoms with Crippen molar-refractivity contribution in [1.29, 1.82) is 5.26 Å². The lowest BCUT2D eigenvalue weighted by atomic mass is 9.96. The summed E-state index contributed by atoms with van der Waals surface area (Å²) in [6.07, 6.45) is 5.65. The van der Waals surface area contributed by atoms with Crippen LogP contribution < -0.4 is 10.2 Å². The van der Waals surface area contributed by atoms with E-state index >= 15 is 0 Å². The van der Waals surface area contributed by atoms with Crippen LogP contribution in [0.1, 0.15) is 51.4 Å². The summed E-state index contributed by atoms with van der Waals surface area (Å²) in [7, 11) is 0. The standard InChI is InChI=1S/C27H23BrN4O3S/c1-14-10-18(28)8-9-22(14)32-25(34)20(24(33)30-27(32)35)12-17-11-15(2)31(16(17)3)26-21(13-29)19-6-4-5-7-23(19)36-26/h8-12H,4-7H2,1-3H3,(H,30,33,35)/b20-12+. The smallest absolute Gasteiger partial charge is 0.308 e. The van der Waals surface area contributed by atoms with Crippen molar-refractivity contribution < 1.29 is 14.4 Å². The van der Waals surface area contributed by atoms with Crippen LogP contribution in [0.5, 0.6) is 0 Å². The van der Waals surface area contributed by atoms with Gasteiger partial charge in [0.25, 0.3) is 11.8 Å². The van der Waals surface area contributed by atoms with Crippen LogP contribution in [0.25, 0.3) is 11.1 Å². The Kier molecular flexibility index (Phi) is 6.18. The number of amides is 4. The lowest BCUT2D eigenvalue weighted by Crippen LogP contribution is -2.54. The first-order valence-electron chi connectivity index (χ1n) is 11.6. The van der Waals surface area contributed by atoms with Crippen LogP contribution in [0.4, 0.5) is 10.5 Å². The van der Waals surface area contributed by atoms with E-state index in [0.29, 0.717) is 22.4 Å². The van der Waals surface area contributed by atoms with Crippen LogP contribution in [0.15, 0.2) is 34.3 Å². The summed E-state index contributed by atoms with van der Waals surface area (Å²) < 4.78 is 2.85. The van der Waals surface area contributed by atoms with E-state index in [1.54, 1.807) is 36.5 Å². The lowest BCUT2D eigenvalue weighted by molar-refractivity contribution is -0.122. The second-order valence-electron chi connectivity index (χ2n) is 9.05. The Bertz CT molecular complexity index is 1540. The summed E-state index contributed by atoms with van der Waals surface area (Å²) >= 11 is 5.04. The Morgan fingerprint density at radius 3 is 2.58 bits per heavy atom. The number of urea groups is 1. The molecule has 1 aliphatic carbocycles. The number of hydrogen-bond acceptors (Lipinski definition) is 5. The van der Waals surface area contributed by atoms with E-state index in [4.69, 9.17) is 0 Å². The van der Waals surface area contributed by atoms with Crippen LogP contribution in [-0.2, 0) is 22.4 Å². The molecular weight excluding hydrogens is 540 g/mol. The van der Waals surface area contributed by atoms with Gasteiger partial charge in [0.05, 0.1) is 11.3 Å². The van der Waals surface area contributed by atoms with Crippen molar-refractivity contribution in [3.8, 4) is 11.1 Å². The number of carbonyl (C=O) groups is 3. The molecule has 1 fully saturated rings. The maximum Gasteiger partial charge on any atom is 0.335 e. The van der Waals surface area contributed by atoms with Gasteiger partial charge < -0.3 is 4.57 Å². The van der Waals surface area contributed by atoms with Crippen LogP contribution in [0.2, 0.25) is 0 Å². The molecule has 7 nitrogen and oxygen atoms in total. The molecule has 5 rings (SSSR count). The fraction of sp³-hybridized carbons (Fsp3) is 0.259. The number of aryl methyl sites for hydroxylation is 3. The van der Waals surface area contributed by atoms with Gasteiger partial charge in [-0.3, -0.25) is 14.9 Å². The molecule has 1 aliphatic heterocycles. The van der Waals surface area contributed by atoms with Gasteiger partial charge in [0.1, 0.15) is 16.6 Å². The number of anilines is 1. The number of carbonyl (C=O) groups excluding carboxylic acids is 3. The molecule has 0 radical (unpaired) electrons. The molecule has 2 aromatic heterocycles. The Labute approximate surface area is 221 Å². The van der Waals surface area contributed by atoms with Crippen LogP contribution >= 0.6 is 27.3 Å². The second-order valence-corrected chi connectivity index (χ2v) is 11.1. The topological polar surface area (TPSA) is 95.2 Å². The zero-order valence-corrected chi connectivity index (χ0v) is 22.5. The summed E-state index contributed by atoms with van der Waals surface area (Å²) in [6.45, 7) is 5.65. The van der Waals surface area contributed by atoms with Crippen molar-refractivity contribution in [2.75, 3.05) is 4.90 Å². The van der Waals surface area contributed by atoms with Crippen molar-refractivity contribution in [3.63, 3.8) is 0 Å². The average molecular weight is 563 g/mol. The molecule has 3 aromatic rings. The average Bonchev–Trinajstić information content (AvgIpc) is 3.33. The van der Waals surface area contributed by atoms with E-state index in [9.17, 15) is 19.6 Å². The normalized spacial score (nSPS) is 16.8. The number of hydrogen-bond donors (Lipinski definition) is 1. The molecule has 2 aliphatic rings. The summed E-state index contributed by atoms with van der Waals surface area (Å²) in [4.78, 5) is 41.0. The van der Waals surface area contributed by atoms with Gasteiger partial charge >= 0.3 is 6.03 Å². The number of rotatable bonds is 3. The zero-order chi connectivity index (χ0) is 25.7. The quantitative estimate of drug-likeness (QED) is 0.330. The molecule has 1 saturated heterocycles. The summed E-state index contributed by atoms with van der Waals surface area (Å²) in [5, 5.41) is 13.1. The SMILES string of the molecule is Cc1cc(Br)ccc1N1C(=O)NC(=O)/C(=C\c2cc(C)n(-c3sc4c(c3C#N)CCCC4)c2C)C1=O. The van der Waals surface area contributed by atoms with Gasteiger partial charge in [0.15, 0.2) is 0 Å². The van der Waals surface area contributed by atoms with Gasteiger partial charge in [-0.2, -0.15) is 5.26 Å². The van der Waals surface area contributed by atoms with Gasteiger partial charge in [-0.15, -0.1) is 11.3 Å². The van der Waals surface area contributed by atoms with Crippen LogP contribution in [0.3, 0.4) is 0 Å². The maximum absolute atomic E-state index is 13.4. The molecule has 0 bridgehead atoms. The highest BCUT2D eigenvalue weighted by molar-refractivity contribution is 9.10. The predicted molar refractivity (Wildman–Crippen MR) is 142 cm³/mol. The molecule has 4 amide bonds. The third-order valence-electron chi connectivity index (χ3n) is 6.74. The number of thiophene rings is 1. The first kappa shape index (κ1) is 24.2. The Morgan fingerprint density at radius 1 is 1.11 bits per heavy atom. The molecule has 9 heteroatoms. The maximum atomic E-state index is 13.4. The minimum Gasteiger partial charge on any atom is -0.308 e. The van der Waals surface area contributed by atoms with E-state index in [1.165, 1.54) is 11.0 Å². The molecule has 0 atom stereocenters. The van der Waals surface area contributed by atoms with Gasteiger partial charge in [0, 0.05) is 20.7 Å². The van der Waals surface area contributed by atoms with Crippen LogP contribution in [0, 0.1) is 32.1 Å². The molecule has 0 unspecified atom stereocenters. The number of benzene rings is 1. The van der Waals surface area contributed by atoms with Crippen LogP contribution in [-0.4, -0.2) is 22.4 Å². The van der Waals surface area contributed by atoms with Gasteiger partial charge in [-0.1, -0.05) is 15.9 Å². The monoisotopic (exact) mass is 562 g/mol. The van der Waals surface area contributed by atoms with Gasteiger partial charge in [-0.25, -0.2) is 9.69 Å². The predicted octanol–water partition coefficient (Wildman–Crippen LogP) is 5.64. The van der Waals surface area contributed by atoms with Gasteiger partial charge in [0.2, 0.25) is 0 Å². The van der Waals surface area contributed by atoms with E-state index in [2.05, 4.69) is 27.3 Å². The lowest BCUT2D eigenvalue weighted by Gasteiger charge is -2.27. The van der Waals surface area contributed by atoms with Crippen molar-refractivity contribution in [3.05, 3.63) is 72.8 Å². The molecule has 182 valence electrons. The first-order valence-corrected chi connectivity index (χ1v) is 13.2. The van der Waals surface area contributed by atoms with E-state index in [-0.39, 0.29) is 5.57 Å². The number of halogens is 1. The number of imide groups is 2. The zero-order valence-electron chi connectivity index (χ0n) is 20.1. The molecule has 1 aromatic carbocycles. The fourth-order valence-electron chi connectivity index (χ4n) is 4.97. The number of nitriles is 1. The highest BCUT2D eigenvalue weighted by Gasteiger charge is 2.37. The Morgan fingerprint density at radius 2 is 1.86 bits per heavy atom. The molecular formula is C27H23BrN4O3S. The number of fused-ring (bicyclic) bond motifs is 1. The third-order valence-corrected chi connectivity index (χ3v) is 8.51. The number of barbiturate groups is 1. The van der Waals surface area contributed by atoms with E-state index in [1.807, 2.05) is 24.5 Å². The number of nitrogens with zero attached hydrogens (tertiary/aromatic N) is 3. The highest BCUT2D eigenvalue weighted by atomic mass is 79.9. The Hall–Kier alpha value is -3.48. The fourth-order valence-corrected chi connectivity index (χ4v) is 6.90. The molecule has 1 N–H and O–H groups in total. The summed E-state index contributed by atoms with van der Waals surface area (Å²) in [5.74, 6) is -1.41. The van der Waals surface area contributed by atoms with E-state index < -0.39 is 17.8 Å². The number of nitrogens with one attached hydrogen (secondary N) is 1. The molecule has 0 saturated carbocycles. The highest BCUT2D eigenvalue weighted by Crippen LogP contribution is 2.38.